The van der Waals surface area contributed by atoms with Crippen LogP contribution in [0.2, 0.25) is 0 Å². The summed E-state index contributed by atoms with van der Waals surface area (Å²) in [6.45, 7) is 4.67. The van der Waals surface area contributed by atoms with Crippen molar-refractivity contribution in [2.75, 3.05) is 4.90 Å². The van der Waals surface area contributed by atoms with Crippen molar-refractivity contribution >= 4 is 70.5 Å². The maximum Gasteiger partial charge on any atom is 0.143 e. The summed E-state index contributed by atoms with van der Waals surface area (Å²) in [5.41, 5.74) is 12.7. The quantitative estimate of drug-likeness (QED) is 0.192. The highest BCUT2D eigenvalue weighted by Crippen LogP contribution is 2.54. The minimum atomic E-state index is -0.149. The van der Waals surface area contributed by atoms with E-state index in [1.807, 2.05) is 11.3 Å². The fourth-order valence-electron chi connectivity index (χ4n) is 7.91. The van der Waals surface area contributed by atoms with E-state index in [1.54, 1.807) is 0 Å². The van der Waals surface area contributed by atoms with Gasteiger partial charge in [0.2, 0.25) is 0 Å². The van der Waals surface area contributed by atoms with Gasteiger partial charge in [-0.2, -0.15) is 0 Å². The van der Waals surface area contributed by atoms with Gasteiger partial charge in [0.1, 0.15) is 11.2 Å². The van der Waals surface area contributed by atoms with Crippen LogP contribution in [0.4, 0.5) is 17.1 Å². The Morgan fingerprint density at radius 3 is 2.08 bits per heavy atom. The molecule has 10 rings (SSSR count). The normalized spacial score (nSPS) is 13.4. The minimum Gasteiger partial charge on any atom is -0.455 e. The summed E-state index contributed by atoms with van der Waals surface area (Å²) in [5, 5.41) is 4.92. The molecule has 1 aliphatic rings. The van der Waals surface area contributed by atoms with E-state index in [9.17, 15) is 0 Å². The van der Waals surface area contributed by atoms with E-state index < -0.39 is 0 Å². The molecule has 0 atom stereocenters. The molecule has 0 saturated heterocycles. The minimum absolute atomic E-state index is 0.149. The van der Waals surface area contributed by atoms with Gasteiger partial charge in [0.15, 0.2) is 0 Å². The summed E-state index contributed by atoms with van der Waals surface area (Å²) in [6, 6.07) is 55.1. The van der Waals surface area contributed by atoms with Crippen molar-refractivity contribution in [3.05, 3.63) is 163 Å². The van der Waals surface area contributed by atoms with E-state index in [2.05, 4.69) is 170 Å². The van der Waals surface area contributed by atoms with Gasteiger partial charge in [-0.25, -0.2) is 0 Å². The third-order valence-electron chi connectivity index (χ3n) is 10.3. The second-order valence-corrected chi connectivity index (χ2v) is 14.4. The van der Waals surface area contributed by atoms with Gasteiger partial charge >= 0.3 is 0 Å². The molecule has 2 aromatic heterocycles. The number of nitrogens with zero attached hydrogens (tertiary/aromatic N) is 1. The predicted molar refractivity (Wildman–Crippen MR) is 204 cm³/mol. The molecular weight excluding hydrogens is 603 g/mol. The van der Waals surface area contributed by atoms with Crippen LogP contribution in [-0.2, 0) is 5.41 Å². The molecule has 3 heteroatoms. The van der Waals surface area contributed by atoms with Crippen LogP contribution >= 0.6 is 11.3 Å². The van der Waals surface area contributed by atoms with Crippen LogP contribution in [0.1, 0.15) is 25.0 Å². The monoisotopic (exact) mass is 633 g/mol. The van der Waals surface area contributed by atoms with Gasteiger partial charge in [-0.15, -0.1) is 11.3 Å². The van der Waals surface area contributed by atoms with Gasteiger partial charge in [-0.3, -0.25) is 0 Å². The Labute approximate surface area is 283 Å². The molecule has 2 heterocycles. The maximum absolute atomic E-state index is 6.65. The smallest absolute Gasteiger partial charge is 0.143 e. The molecule has 228 valence electrons. The number of benzene rings is 7. The average Bonchev–Trinajstić information content (AvgIpc) is 3.77. The van der Waals surface area contributed by atoms with Crippen molar-refractivity contribution < 1.29 is 4.42 Å². The highest BCUT2D eigenvalue weighted by molar-refractivity contribution is 7.26. The standard InChI is InChI=1S/C45H31NOS/c1-45(2)37-25-23-31(27-36(37)42-38(45)26-24-34-32-13-6-8-17-40(32)47-43(34)42)46(30-21-19-29(20-22-30)28-11-4-3-5-12-28)39-16-10-15-35-33-14-7-9-18-41(33)48-44(35)39/h3-27H,1-2H3. The highest BCUT2D eigenvalue weighted by Gasteiger charge is 2.38. The molecule has 0 amide bonds. The summed E-state index contributed by atoms with van der Waals surface area (Å²) >= 11 is 1.87. The first-order valence-corrected chi connectivity index (χ1v) is 17.3. The second kappa shape index (κ2) is 10.2. The topological polar surface area (TPSA) is 16.4 Å². The Bertz CT molecular complexity index is 2700. The van der Waals surface area contributed by atoms with E-state index >= 15 is 0 Å². The van der Waals surface area contributed by atoms with E-state index in [0.29, 0.717) is 0 Å². The van der Waals surface area contributed by atoms with E-state index in [-0.39, 0.29) is 5.41 Å². The summed E-state index contributed by atoms with van der Waals surface area (Å²) in [4.78, 5) is 2.44. The predicted octanol–water partition coefficient (Wildman–Crippen LogP) is 13.4. The van der Waals surface area contributed by atoms with Crippen LogP contribution in [0.5, 0.6) is 0 Å². The first-order valence-electron chi connectivity index (χ1n) is 16.5. The van der Waals surface area contributed by atoms with Crippen molar-refractivity contribution in [2.45, 2.75) is 19.3 Å². The maximum atomic E-state index is 6.65. The number of thiophene rings is 1. The van der Waals surface area contributed by atoms with Crippen LogP contribution in [0.15, 0.2) is 156 Å². The number of anilines is 3. The average molecular weight is 634 g/mol. The molecule has 2 nitrogen and oxygen atoms in total. The number of hydrogen-bond donors (Lipinski definition) is 0. The third-order valence-corrected chi connectivity index (χ3v) is 11.5. The first kappa shape index (κ1) is 27.5. The molecule has 0 saturated carbocycles. The summed E-state index contributed by atoms with van der Waals surface area (Å²) in [6.07, 6.45) is 0. The lowest BCUT2D eigenvalue weighted by Gasteiger charge is -2.27. The molecule has 0 radical (unpaired) electrons. The summed E-state index contributed by atoms with van der Waals surface area (Å²) < 4.78 is 9.24. The molecule has 0 fully saturated rings. The van der Waals surface area contributed by atoms with Gasteiger partial charge in [0.05, 0.1) is 10.4 Å². The molecule has 7 aromatic carbocycles. The Kier molecular flexibility index (Phi) is 5.82. The molecule has 1 aliphatic carbocycles. The molecule has 0 bridgehead atoms. The van der Waals surface area contributed by atoms with Crippen LogP contribution in [0.25, 0.3) is 64.4 Å². The second-order valence-electron chi connectivity index (χ2n) is 13.3. The van der Waals surface area contributed by atoms with Crippen molar-refractivity contribution in [1.82, 2.24) is 0 Å². The fourth-order valence-corrected chi connectivity index (χ4v) is 9.12. The van der Waals surface area contributed by atoms with Crippen molar-refractivity contribution in [3.8, 4) is 22.3 Å². The van der Waals surface area contributed by atoms with Crippen LogP contribution in [0.3, 0.4) is 0 Å². The van der Waals surface area contributed by atoms with E-state index in [4.69, 9.17) is 4.42 Å². The molecule has 0 spiro atoms. The van der Waals surface area contributed by atoms with Crippen molar-refractivity contribution in [2.24, 2.45) is 0 Å². The number of furan rings is 1. The Morgan fingerprint density at radius 2 is 1.23 bits per heavy atom. The number of fused-ring (bicyclic) bond motifs is 10. The summed E-state index contributed by atoms with van der Waals surface area (Å²) in [7, 11) is 0. The molecular formula is C45H31NOS. The largest absolute Gasteiger partial charge is 0.455 e. The molecule has 48 heavy (non-hydrogen) atoms. The van der Waals surface area contributed by atoms with Crippen molar-refractivity contribution in [1.29, 1.82) is 0 Å². The lowest BCUT2D eigenvalue weighted by molar-refractivity contribution is 0.653. The molecule has 0 aliphatic heterocycles. The zero-order valence-electron chi connectivity index (χ0n) is 26.7. The van der Waals surface area contributed by atoms with Crippen molar-refractivity contribution in [3.63, 3.8) is 0 Å². The highest BCUT2D eigenvalue weighted by atomic mass is 32.1. The van der Waals surface area contributed by atoms with Gasteiger partial charge < -0.3 is 9.32 Å². The van der Waals surface area contributed by atoms with Gasteiger partial charge in [0, 0.05) is 48.6 Å². The Hall–Kier alpha value is -5.64. The summed E-state index contributed by atoms with van der Waals surface area (Å²) in [5.74, 6) is 0. The van der Waals surface area contributed by atoms with Gasteiger partial charge in [-0.1, -0.05) is 123 Å². The Morgan fingerprint density at radius 1 is 0.542 bits per heavy atom. The Balaban J connectivity index is 1.22. The zero-order chi connectivity index (χ0) is 32.0. The number of rotatable bonds is 4. The molecule has 0 N–H and O–H groups in total. The lowest BCUT2D eigenvalue weighted by atomic mass is 9.82. The third kappa shape index (κ3) is 3.92. The number of hydrogen-bond acceptors (Lipinski definition) is 3. The van der Waals surface area contributed by atoms with E-state index in [0.717, 1.165) is 27.9 Å². The molecule has 9 aromatic rings. The fraction of sp³-hybridized carbons (Fsp3) is 0.0667. The first-order chi connectivity index (χ1) is 23.6. The number of para-hydroxylation sites is 1. The molecule has 0 unspecified atom stereocenters. The van der Waals surface area contributed by atoms with Crippen LogP contribution in [0, 0.1) is 0 Å². The van der Waals surface area contributed by atoms with E-state index in [1.165, 1.54) is 64.6 Å². The SMILES string of the molecule is CC1(C)c2ccc(N(c3ccc(-c4ccccc4)cc3)c3cccc4c3sc3ccccc34)cc2-c2c1ccc1c2oc2ccccc21. The zero-order valence-corrected chi connectivity index (χ0v) is 27.5. The lowest BCUT2D eigenvalue weighted by Crippen LogP contribution is -2.15. The van der Waals surface area contributed by atoms with Crippen LogP contribution < -0.4 is 4.90 Å². The van der Waals surface area contributed by atoms with Gasteiger partial charge in [0.25, 0.3) is 0 Å². The van der Waals surface area contributed by atoms with Gasteiger partial charge in [-0.05, 0) is 70.3 Å². The van der Waals surface area contributed by atoms with Crippen LogP contribution in [-0.4, -0.2) is 0 Å².